The summed E-state index contributed by atoms with van der Waals surface area (Å²) in [4.78, 5) is 12.1. The Morgan fingerprint density at radius 2 is 1.46 bits per heavy atom. The highest BCUT2D eigenvalue weighted by atomic mass is 32.2. The van der Waals surface area contributed by atoms with Crippen LogP contribution in [-0.4, -0.2) is 55.9 Å². The van der Waals surface area contributed by atoms with Crippen molar-refractivity contribution < 1.29 is 22.2 Å². The van der Waals surface area contributed by atoms with E-state index in [4.69, 9.17) is 0 Å². The molecule has 0 aliphatic heterocycles. The topological polar surface area (TPSA) is 86.3 Å². The smallest absolute Gasteiger partial charge is 0.224 e. The van der Waals surface area contributed by atoms with E-state index in [1.165, 1.54) is 44.9 Å². The largest absolute Gasteiger partial charge is 0.748 e. The van der Waals surface area contributed by atoms with Gasteiger partial charge in [0.2, 0.25) is 5.91 Å². The minimum Gasteiger partial charge on any atom is -0.748 e. The molecule has 0 aromatic rings. The minimum absolute atomic E-state index is 0.0445. The van der Waals surface area contributed by atoms with E-state index in [9.17, 15) is 17.8 Å². The number of carbonyl (C=O) groups is 1. The maximum atomic E-state index is 12.1. The third-order valence-corrected chi connectivity index (χ3v) is 5.84. The Morgan fingerprint density at radius 3 is 1.96 bits per heavy atom. The van der Waals surface area contributed by atoms with Crippen LogP contribution in [0, 0.1) is 0 Å². The van der Waals surface area contributed by atoms with Crippen molar-refractivity contribution in [2.24, 2.45) is 0 Å². The Morgan fingerprint density at radius 1 is 0.962 bits per heavy atom. The zero-order chi connectivity index (χ0) is 20.1. The molecule has 1 N–H and O–H groups in total. The lowest BCUT2D eigenvalue weighted by molar-refractivity contribution is -0.915. The first-order chi connectivity index (χ1) is 12.1. The molecule has 0 aromatic heterocycles. The molecule has 26 heavy (non-hydrogen) atoms. The van der Waals surface area contributed by atoms with E-state index < -0.39 is 10.1 Å². The van der Waals surface area contributed by atoms with Crippen LogP contribution in [0.1, 0.15) is 84.5 Å². The first-order valence-corrected chi connectivity index (χ1v) is 11.7. The molecule has 0 aliphatic rings. The average Bonchev–Trinajstić information content (AvgIpc) is 2.51. The fourth-order valence-electron chi connectivity index (χ4n) is 2.92. The standard InChI is InChI=1S/C19H40N2O4S/c1-5-6-7-8-9-10-11-12-13-15-19(22)20-18(2)21(3,4)16-14-17-26(23,24)25/h18H,5-17H2,1-4H3,(H-,20,22,23,24,25). The van der Waals surface area contributed by atoms with Crippen LogP contribution in [0.15, 0.2) is 0 Å². The quantitative estimate of drug-likeness (QED) is 0.189. The van der Waals surface area contributed by atoms with Gasteiger partial charge in [0, 0.05) is 25.5 Å². The molecule has 0 fully saturated rings. The highest BCUT2D eigenvalue weighted by molar-refractivity contribution is 7.85. The van der Waals surface area contributed by atoms with Gasteiger partial charge in [-0.1, -0.05) is 58.3 Å². The van der Waals surface area contributed by atoms with Crippen molar-refractivity contribution in [3.8, 4) is 0 Å². The number of rotatable bonds is 16. The first-order valence-electron chi connectivity index (χ1n) is 10.1. The number of nitrogens with one attached hydrogen (secondary N) is 1. The van der Waals surface area contributed by atoms with Crippen LogP contribution in [0.3, 0.4) is 0 Å². The summed E-state index contributed by atoms with van der Waals surface area (Å²) in [7, 11) is -0.306. The van der Waals surface area contributed by atoms with Crippen molar-refractivity contribution in [3.05, 3.63) is 0 Å². The molecule has 0 rings (SSSR count). The van der Waals surface area contributed by atoms with Crippen LogP contribution in [0.4, 0.5) is 0 Å². The van der Waals surface area contributed by atoms with E-state index in [1.807, 2.05) is 21.0 Å². The molecular weight excluding hydrogens is 352 g/mol. The fourth-order valence-corrected chi connectivity index (χ4v) is 3.40. The molecule has 0 aliphatic carbocycles. The number of amides is 1. The molecule has 156 valence electrons. The predicted octanol–water partition coefficient (Wildman–Crippen LogP) is 3.38. The number of quaternary nitrogens is 1. The second-order valence-corrected chi connectivity index (χ2v) is 9.46. The molecule has 0 saturated carbocycles. The van der Waals surface area contributed by atoms with Gasteiger partial charge in [-0.15, -0.1) is 0 Å². The van der Waals surface area contributed by atoms with E-state index in [0.29, 0.717) is 23.9 Å². The van der Waals surface area contributed by atoms with Crippen LogP contribution in [0.25, 0.3) is 0 Å². The SMILES string of the molecule is CCCCCCCCCCCC(=O)NC(C)[N+](C)(C)CCCS(=O)(=O)[O-]. The zero-order valence-corrected chi connectivity index (χ0v) is 18.1. The molecule has 0 spiro atoms. The highest BCUT2D eigenvalue weighted by Gasteiger charge is 2.25. The van der Waals surface area contributed by atoms with E-state index in [1.54, 1.807) is 0 Å². The molecule has 0 heterocycles. The van der Waals surface area contributed by atoms with Crippen LogP contribution in [-0.2, 0) is 14.9 Å². The maximum absolute atomic E-state index is 12.1. The van der Waals surface area contributed by atoms with Crippen molar-refractivity contribution in [2.75, 3.05) is 26.4 Å². The van der Waals surface area contributed by atoms with E-state index >= 15 is 0 Å². The summed E-state index contributed by atoms with van der Waals surface area (Å²) in [6.07, 6.45) is 11.8. The van der Waals surface area contributed by atoms with Crippen molar-refractivity contribution in [1.82, 2.24) is 5.32 Å². The lowest BCUT2D eigenvalue weighted by atomic mass is 10.1. The summed E-state index contributed by atoms with van der Waals surface area (Å²) in [5.41, 5.74) is 0. The molecule has 6 nitrogen and oxygen atoms in total. The third-order valence-electron chi connectivity index (χ3n) is 5.05. The molecule has 0 saturated heterocycles. The number of nitrogens with zero attached hydrogens (tertiary/aromatic N) is 1. The number of carbonyl (C=O) groups excluding carboxylic acids is 1. The normalized spacial score (nSPS) is 13.6. The van der Waals surface area contributed by atoms with Gasteiger partial charge in [-0.05, 0) is 6.42 Å². The molecule has 0 aromatic carbocycles. The molecule has 0 radical (unpaired) electrons. The van der Waals surface area contributed by atoms with Crippen molar-refractivity contribution >= 4 is 16.0 Å². The summed E-state index contributed by atoms with van der Waals surface area (Å²) in [5, 5.41) is 3.00. The lowest BCUT2D eigenvalue weighted by Gasteiger charge is -2.36. The van der Waals surface area contributed by atoms with E-state index in [-0.39, 0.29) is 17.8 Å². The Bertz CT molecular complexity index is 478. The molecule has 1 atom stereocenters. The Hall–Kier alpha value is -0.660. The number of hydrogen-bond acceptors (Lipinski definition) is 4. The van der Waals surface area contributed by atoms with Gasteiger partial charge in [0.1, 0.15) is 0 Å². The molecule has 7 heteroatoms. The second-order valence-electron chi connectivity index (χ2n) is 7.94. The fraction of sp³-hybridized carbons (Fsp3) is 0.947. The number of unbranched alkanes of at least 4 members (excludes halogenated alkanes) is 8. The first kappa shape index (κ1) is 25.3. The van der Waals surface area contributed by atoms with Gasteiger partial charge in [0.05, 0.1) is 30.8 Å². The van der Waals surface area contributed by atoms with Crippen molar-refractivity contribution in [3.63, 3.8) is 0 Å². The average molecular weight is 393 g/mol. The van der Waals surface area contributed by atoms with Gasteiger partial charge >= 0.3 is 0 Å². The second kappa shape index (κ2) is 13.5. The van der Waals surface area contributed by atoms with Crippen LogP contribution in [0.2, 0.25) is 0 Å². The molecule has 0 bridgehead atoms. The molecule has 1 unspecified atom stereocenters. The number of hydrogen-bond donors (Lipinski definition) is 1. The summed E-state index contributed by atoms with van der Waals surface area (Å²) in [6, 6.07) is 0. The third kappa shape index (κ3) is 14.5. The van der Waals surface area contributed by atoms with Crippen LogP contribution >= 0.6 is 0 Å². The van der Waals surface area contributed by atoms with Gasteiger partial charge < -0.3 is 14.4 Å². The van der Waals surface area contributed by atoms with Crippen LogP contribution < -0.4 is 5.32 Å². The summed E-state index contributed by atoms with van der Waals surface area (Å²) in [6.45, 7) is 4.67. The summed E-state index contributed by atoms with van der Waals surface area (Å²) in [5.74, 6) is -0.309. The predicted molar refractivity (Wildman–Crippen MR) is 106 cm³/mol. The molecule has 1 amide bonds. The summed E-state index contributed by atoms with van der Waals surface area (Å²) >= 11 is 0. The maximum Gasteiger partial charge on any atom is 0.224 e. The van der Waals surface area contributed by atoms with Gasteiger partial charge in [-0.3, -0.25) is 4.79 Å². The Labute approximate surface area is 161 Å². The van der Waals surface area contributed by atoms with Gasteiger partial charge in [0.25, 0.3) is 0 Å². The Balaban J connectivity index is 3.83. The molecular formula is C19H40N2O4S. The van der Waals surface area contributed by atoms with Crippen molar-refractivity contribution in [2.45, 2.75) is 90.6 Å². The van der Waals surface area contributed by atoms with E-state index in [2.05, 4.69) is 12.2 Å². The monoisotopic (exact) mass is 392 g/mol. The van der Waals surface area contributed by atoms with Gasteiger partial charge in [-0.2, -0.15) is 0 Å². The lowest BCUT2D eigenvalue weighted by Crippen LogP contribution is -2.56. The minimum atomic E-state index is -4.17. The van der Waals surface area contributed by atoms with Gasteiger partial charge in [0.15, 0.2) is 6.17 Å². The highest BCUT2D eigenvalue weighted by Crippen LogP contribution is 2.11. The van der Waals surface area contributed by atoms with Crippen molar-refractivity contribution in [1.29, 1.82) is 0 Å². The van der Waals surface area contributed by atoms with Crippen LogP contribution in [0.5, 0.6) is 0 Å². The summed E-state index contributed by atoms with van der Waals surface area (Å²) < 4.78 is 32.5. The van der Waals surface area contributed by atoms with E-state index in [0.717, 1.165) is 12.8 Å². The zero-order valence-electron chi connectivity index (χ0n) is 17.3. The Kier molecular flexibility index (Phi) is 13.2. The van der Waals surface area contributed by atoms with Gasteiger partial charge in [-0.25, -0.2) is 8.42 Å².